The van der Waals surface area contributed by atoms with Gasteiger partial charge < -0.3 is 15.0 Å². The maximum absolute atomic E-state index is 13.3. The van der Waals surface area contributed by atoms with Gasteiger partial charge in [-0.25, -0.2) is 0 Å². The van der Waals surface area contributed by atoms with Crippen molar-refractivity contribution in [1.82, 2.24) is 10.2 Å². The van der Waals surface area contributed by atoms with Gasteiger partial charge in [0.15, 0.2) is 6.61 Å². The Bertz CT molecular complexity index is 972. The molecule has 0 aromatic heterocycles. The summed E-state index contributed by atoms with van der Waals surface area (Å²) >= 11 is 12.2. The number of para-hydroxylation sites is 1. The molecule has 1 N–H and O–H groups in total. The maximum atomic E-state index is 13.3. The van der Waals surface area contributed by atoms with Gasteiger partial charge in [0, 0.05) is 12.6 Å². The summed E-state index contributed by atoms with van der Waals surface area (Å²) in [6.07, 6.45) is 0.798. The summed E-state index contributed by atoms with van der Waals surface area (Å²) in [4.78, 5) is 27.6. The van der Waals surface area contributed by atoms with E-state index >= 15 is 0 Å². The molecule has 2 atom stereocenters. The molecule has 0 heterocycles. The average molecular weight is 493 g/mol. The number of nitrogens with zero attached hydrogens (tertiary/aromatic N) is 1. The number of nitrogens with one attached hydrogen (secondary N) is 1. The zero-order valence-corrected chi connectivity index (χ0v) is 21.8. The summed E-state index contributed by atoms with van der Waals surface area (Å²) in [5, 5.41) is 3.78. The topological polar surface area (TPSA) is 58.6 Å². The fraction of sp³-hybridized carbons (Fsp3) is 0.462. The monoisotopic (exact) mass is 492 g/mol. The highest BCUT2D eigenvalue weighted by molar-refractivity contribution is 6.42. The Balaban J connectivity index is 2.25. The van der Waals surface area contributed by atoms with Crippen LogP contribution in [0.4, 0.5) is 0 Å². The van der Waals surface area contributed by atoms with Gasteiger partial charge in [-0.2, -0.15) is 0 Å². The van der Waals surface area contributed by atoms with Gasteiger partial charge in [-0.15, -0.1) is 0 Å². The lowest BCUT2D eigenvalue weighted by atomic mass is 9.86. The van der Waals surface area contributed by atoms with E-state index in [4.69, 9.17) is 27.9 Å². The van der Waals surface area contributed by atoms with Crippen LogP contribution >= 0.6 is 23.2 Å². The fourth-order valence-electron chi connectivity index (χ4n) is 3.32. The van der Waals surface area contributed by atoms with Crippen LogP contribution in [0.2, 0.25) is 10.0 Å². The summed E-state index contributed by atoms with van der Waals surface area (Å²) in [6, 6.07) is 12.2. The van der Waals surface area contributed by atoms with Gasteiger partial charge in [-0.3, -0.25) is 9.59 Å². The van der Waals surface area contributed by atoms with Crippen molar-refractivity contribution in [3.63, 3.8) is 0 Å². The summed E-state index contributed by atoms with van der Waals surface area (Å²) in [5.74, 6) is 0.147. The third-order valence-electron chi connectivity index (χ3n) is 5.55. The van der Waals surface area contributed by atoms with Gasteiger partial charge >= 0.3 is 0 Å². The van der Waals surface area contributed by atoms with Crippen LogP contribution in [0, 0.1) is 0 Å². The highest BCUT2D eigenvalue weighted by Crippen LogP contribution is 2.31. The molecule has 180 valence electrons. The number of carbonyl (C=O) groups excluding carboxylic acids is 2. The van der Waals surface area contributed by atoms with Gasteiger partial charge in [0.1, 0.15) is 11.8 Å². The van der Waals surface area contributed by atoms with Crippen LogP contribution in [-0.4, -0.2) is 35.4 Å². The molecular formula is C26H34Cl2N2O3. The van der Waals surface area contributed by atoms with Crippen molar-refractivity contribution in [1.29, 1.82) is 0 Å². The summed E-state index contributed by atoms with van der Waals surface area (Å²) in [5.41, 5.74) is 1.65. The van der Waals surface area contributed by atoms with Gasteiger partial charge in [0.05, 0.1) is 10.0 Å². The Kier molecular flexibility index (Phi) is 9.62. The predicted octanol–water partition coefficient (Wildman–Crippen LogP) is 6.00. The van der Waals surface area contributed by atoms with E-state index in [0.717, 1.165) is 17.5 Å². The van der Waals surface area contributed by atoms with Crippen molar-refractivity contribution < 1.29 is 14.3 Å². The third kappa shape index (κ3) is 7.65. The highest BCUT2D eigenvalue weighted by atomic mass is 35.5. The number of benzene rings is 2. The molecule has 2 rings (SSSR count). The Labute approximate surface area is 207 Å². The summed E-state index contributed by atoms with van der Waals surface area (Å²) in [6.45, 7) is 11.9. The van der Waals surface area contributed by atoms with Crippen molar-refractivity contribution in [2.75, 3.05) is 6.61 Å². The number of ether oxygens (including phenoxy) is 1. The van der Waals surface area contributed by atoms with Crippen molar-refractivity contribution in [3.05, 3.63) is 63.6 Å². The minimum Gasteiger partial charge on any atom is -0.483 e. The van der Waals surface area contributed by atoms with Crippen LogP contribution in [0.3, 0.4) is 0 Å². The van der Waals surface area contributed by atoms with Gasteiger partial charge in [-0.05, 0) is 55.0 Å². The van der Waals surface area contributed by atoms with Crippen LogP contribution in [-0.2, 0) is 21.5 Å². The normalized spacial score (nSPS) is 13.2. The molecular weight excluding hydrogens is 459 g/mol. The minimum absolute atomic E-state index is 0.0109. The smallest absolute Gasteiger partial charge is 0.261 e. The molecule has 0 fully saturated rings. The Morgan fingerprint density at radius 1 is 1.06 bits per heavy atom. The quantitative estimate of drug-likeness (QED) is 0.466. The van der Waals surface area contributed by atoms with Gasteiger partial charge in [-0.1, -0.05) is 75.2 Å². The molecule has 0 saturated heterocycles. The van der Waals surface area contributed by atoms with E-state index in [1.807, 2.05) is 38.1 Å². The number of carbonyl (C=O) groups is 2. The lowest BCUT2D eigenvalue weighted by Crippen LogP contribution is -2.50. The third-order valence-corrected chi connectivity index (χ3v) is 6.29. The largest absolute Gasteiger partial charge is 0.483 e. The molecule has 2 aromatic rings. The lowest BCUT2D eigenvalue weighted by Gasteiger charge is -2.30. The van der Waals surface area contributed by atoms with Crippen LogP contribution in [0.15, 0.2) is 42.5 Å². The van der Waals surface area contributed by atoms with Crippen LogP contribution < -0.4 is 10.1 Å². The molecule has 5 nitrogen and oxygen atoms in total. The fourth-order valence-corrected chi connectivity index (χ4v) is 3.64. The second-order valence-electron chi connectivity index (χ2n) is 9.30. The number of amides is 2. The molecule has 2 aromatic carbocycles. The minimum atomic E-state index is -0.692. The van der Waals surface area contributed by atoms with E-state index in [1.54, 1.807) is 25.1 Å². The van der Waals surface area contributed by atoms with Crippen molar-refractivity contribution in [2.45, 2.75) is 72.0 Å². The Morgan fingerprint density at radius 2 is 1.73 bits per heavy atom. The molecule has 0 aliphatic heterocycles. The van der Waals surface area contributed by atoms with E-state index in [2.05, 4.69) is 26.1 Å². The first-order valence-corrected chi connectivity index (χ1v) is 12.0. The highest BCUT2D eigenvalue weighted by Gasteiger charge is 2.28. The molecule has 0 aliphatic rings. The van der Waals surface area contributed by atoms with E-state index < -0.39 is 6.04 Å². The average Bonchev–Trinajstić information content (AvgIpc) is 2.77. The molecule has 0 bridgehead atoms. The maximum Gasteiger partial charge on any atom is 0.261 e. The van der Waals surface area contributed by atoms with Crippen LogP contribution in [0.25, 0.3) is 0 Å². The number of hydrogen-bond donors (Lipinski definition) is 1. The molecule has 33 heavy (non-hydrogen) atoms. The number of rotatable bonds is 9. The zero-order chi connectivity index (χ0) is 24.8. The summed E-state index contributed by atoms with van der Waals surface area (Å²) < 4.78 is 5.95. The second kappa shape index (κ2) is 11.8. The molecule has 0 aliphatic carbocycles. The Morgan fingerprint density at radius 3 is 2.33 bits per heavy atom. The molecule has 2 amide bonds. The number of halogens is 2. The van der Waals surface area contributed by atoms with Crippen LogP contribution in [0.5, 0.6) is 5.75 Å². The van der Waals surface area contributed by atoms with E-state index in [0.29, 0.717) is 15.8 Å². The zero-order valence-electron chi connectivity index (χ0n) is 20.2. The van der Waals surface area contributed by atoms with E-state index in [-0.39, 0.29) is 36.4 Å². The summed E-state index contributed by atoms with van der Waals surface area (Å²) in [7, 11) is 0. The van der Waals surface area contributed by atoms with E-state index in [9.17, 15) is 9.59 Å². The molecule has 7 heteroatoms. The first-order valence-electron chi connectivity index (χ1n) is 11.2. The standard InChI is InChI=1S/C26H34Cl2N2O3/c1-7-17(2)29-25(32)18(3)30(15-19-12-13-21(27)22(28)14-19)24(31)16-33-23-11-9-8-10-20(23)26(4,5)6/h8-14,17-18H,7,15-16H2,1-6H3,(H,29,32)/t17-,18+/m1/s1. The molecule has 0 saturated carbocycles. The van der Waals surface area contributed by atoms with Crippen molar-refractivity contribution in [2.24, 2.45) is 0 Å². The van der Waals surface area contributed by atoms with E-state index in [1.165, 1.54) is 4.90 Å². The molecule has 0 radical (unpaired) electrons. The first kappa shape index (κ1) is 27.0. The predicted molar refractivity (Wildman–Crippen MR) is 135 cm³/mol. The number of hydrogen-bond acceptors (Lipinski definition) is 3. The first-order chi connectivity index (χ1) is 15.4. The van der Waals surface area contributed by atoms with Gasteiger partial charge in [0.2, 0.25) is 5.91 Å². The molecule has 0 unspecified atom stereocenters. The second-order valence-corrected chi connectivity index (χ2v) is 10.1. The molecule has 0 spiro atoms. The SMILES string of the molecule is CC[C@@H](C)NC(=O)[C@H](C)N(Cc1ccc(Cl)c(Cl)c1)C(=O)COc1ccccc1C(C)(C)C. The van der Waals surface area contributed by atoms with Crippen molar-refractivity contribution >= 4 is 35.0 Å². The van der Waals surface area contributed by atoms with Crippen LogP contribution in [0.1, 0.15) is 59.1 Å². The Hall–Kier alpha value is -2.24. The van der Waals surface area contributed by atoms with Crippen molar-refractivity contribution in [3.8, 4) is 5.75 Å². The lowest BCUT2D eigenvalue weighted by molar-refractivity contribution is -0.142. The van der Waals surface area contributed by atoms with Gasteiger partial charge in [0.25, 0.3) is 5.91 Å².